The van der Waals surface area contributed by atoms with Gasteiger partial charge in [0.25, 0.3) is 0 Å². The monoisotopic (exact) mass is 284 g/mol. The van der Waals surface area contributed by atoms with E-state index in [0.29, 0.717) is 11.5 Å². The second-order valence-corrected chi connectivity index (χ2v) is 8.25. The van der Waals surface area contributed by atoms with Crippen molar-refractivity contribution in [1.82, 2.24) is 9.62 Å². The molecule has 1 saturated carbocycles. The lowest BCUT2D eigenvalue weighted by Crippen LogP contribution is -2.47. The Hall–Kier alpha value is 0.0499. The molecule has 0 bridgehead atoms. The van der Waals surface area contributed by atoms with Crippen molar-refractivity contribution in [2.75, 3.05) is 19.6 Å². The number of nitrogens with zero attached hydrogens (tertiary/aromatic N) is 2. The van der Waals surface area contributed by atoms with Gasteiger partial charge in [0.15, 0.2) is 16.0 Å². The third kappa shape index (κ3) is 3.69. The van der Waals surface area contributed by atoms with Gasteiger partial charge >= 0.3 is 0 Å². The van der Waals surface area contributed by atoms with Gasteiger partial charge in [-0.25, -0.2) is 0 Å². The lowest BCUT2D eigenvalue weighted by Gasteiger charge is -2.44. The van der Waals surface area contributed by atoms with Gasteiger partial charge in [-0.05, 0) is 88.3 Å². The van der Waals surface area contributed by atoms with Crippen LogP contribution < -0.4 is 0 Å². The maximum absolute atomic E-state index is 6.30. The lowest BCUT2D eigenvalue weighted by molar-refractivity contribution is 0.106. The van der Waals surface area contributed by atoms with Gasteiger partial charge in [0.1, 0.15) is 0 Å². The fourth-order valence-electron chi connectivity index (χ4n) is 5.36. The van der Waals surface area contributed by atoms with Crippen LogP contribution >= 0.6 is 0 Å². The Kier molecular flexibility index (Phi) is 5.05. The minimum Gasteiger partial charge on any atom is -0.353 e. The summed E-state index contributed by atoms with van der Waals surface area (Å²) >= 11 is 0. The van der Waals surface area contributed by atoms with Crippen LogP contribution in [0.25, 0.3) is 0 Å². The third-order valence-corrected chi connectivity index (χ3v) is 6.44. The van der Waals surface area contributed by atoms with Gasteiger partial charge in [-0.2, -0.15) is 0 Å². The summed E-state index contributed by atoms with van der Waals surface area (Å²) in [5.41, 5.74) is 0.455. The van der Waals surface area contributed by atoms with E-state index in [1.165, 1.54) is 57.8 Å². The van der Waals surface area contributed by atoms with Crippen molar-refractivity contribution < 1.29 is 0 Å². The minimum absolute atomic E-state index is 0.455. The van der Waals surface area contributed by atoms with E-state index in [4.69, 9.17) is 16.0 Å². The molecule has 0 N–H and O–H groups in total. The Morgan fingerprint density at radius 3 is 2.62 bits per heavy atom. The highest BCUT2D eigenvalue weighted by atomic mass is 15.1. The van der Waals surface area contributed by atoms with Crippen LogP contribution in [0.4, 0.5) is 0 Å². The molecule has 2 nitrogen and oxygen atoms in total. The quantitative estimate of drug-likeness (QED) is 0.735. The van der Waals surface area contributed by atoms with Crippen LogP contribution in [0.5, 0.6) is 0 Å². The van der Waals surface area contributed by atoms with Crippen LogP contribution in [0.15, 0.2) is 0 Å². The summed E-state index contributed by atoms with van der Waals surface area (Å²) in [5.74, 6) is 1.73. The van der Waals surface area contributed by atoms with Crippen LogP contribution in [0.2, 0.25) is 0 Å². The first kappa shape index (κ1) is 15.9. The van der Waals surface area contributed by atoms with E-state index in [1.807, 2.05) is 4.81 Å². The van der Waals surface area contributed by atoms with Gasteiger partial charge < -0.3 is 9.62 Å². The third-order valence-electron chi connectivity index (χ3n) is 6.44. The molecule has 0 spiro atoms. The summed E-state index contributed by atoms with van der Waals surface area (Å²) in [6, 6.07) is 0.619. The SMILES string of the molecule is [B]N1CCCC(CC2CCC(C)(C3CCCCN3[B])C2)C1. The minimum atomic E-state index is 0.455. The van der Waals surface area contributed by atoms with E-state index in [2.05, 4.69) is 11.7 Å². The standard InChI is InChI=1S/C17H30B2N2/c1-17(16-6-2-3-10-21(16)19)8-7-14(12-17)11-15-5-4-9-20(18)13-15/h14-16H,2-13H2,1H3. The highest BCUT2D eigenvalue weighted by molar-refractivity contribution is 6.04. The molecule has 4 heteroatoms. The van der Waals surface area contributed by atoms with Gasteiger partial charge in [-0.3, -0.25) is 0 Å². The van der Waals surface area contributed by atoms with Gasteiger partial charge in [0, 0.05) is 6.04 Å². The van der Waals surface area contributed by atoms with Gasteiger partial charge in [-0.1, -0.05) is 13.3 Å². The van der Waals surface area contributed by atoms with Crippen molar-refractivity contribution in [2.45, 2.75) is 70.8 Å². The first-order valence-corrected chi connectivity index (χ1v) is 9.08. The largest absolute Gasteiger partial charge is 0.353 e. The first-order valence-electron chi connectivity index (χ1n) is 9.08. The number of rotatable bonds is 3. The first-order chi connectivity index (χ1) is 10.1. The fraction of sp³-hybridized carbons (Fsp3) is 1.00. The smallest absolute Gasteiger partial charge is 0.182 e. The van der Waals surface area contributed by atoms with E-state index < -0.39 is 0 Å². The molecular weight excluding hydrogens is 254 g/mol. The van der Waals surface area contributed by atoms with Crippen LogP contribution in [0, 0.1) is 17.3 Å². The lowest BCUT2D eigenvalue weighted by atomic mass is 9.73. The maximum atomic E-state index is 6.30. The van der Waals surface area contributed by atoms with Crippen molar-refractivity contribution in [3.63, 3.8) is 0 Å². The maximum Gasteiger partial charge on any atom is 0.182 e. The Labute approximate surface area is 133 Å². The van der Waals surface area contributed by atoms with Crippen LogP contribution in [0.3, 0.4) is 0 Å². The van der Waals surface area contributed by atoms with Gasteiger partial charge in [0.2, 0.25) is 0 Å². The molecule has 4 unspecified atom stereocenters. The molecule has 0 aromatic heterocycles. The Balaban J connectivity index is 1.54. The molecule has 1 aliphatic carbocycles. The molecule has 0 amide bonds. The Bertz CT molecular complexity index is 352. The molecule has 2 aliphatic heterocycles. The van der Waals surface area contributed by atoms with E-state index in [1.54, 1.807) is 0 Å². The molecule has 4 atom stereocenters. The average Bonchev–Trinajstić information content (AvgIpc) is 2.81. The molecule has 0 aromatic rings. The Morgan fingerprint density at radius 2 is 1.86 bits per heavy atom. The predicted octanol–water partition coefficient (Wildman–Crippen LogP) is 2.92. The number of hydrogen-bond donors (Lipinski definition) is 0. The predicted molar refractivity (Wildman–Crippen MR) is 90.2 cm³/mol. The van der Waals surface area contributed by atoms with Crippen molar-refractivity contribution in [3.05, 3.63) is 0 Å². The molecule has 2 saturated heterocycles. The summed E-state index contributed by atoms with van der Waals surface area (Å²) in [4.78, 5) is 4.19. The summed E-state index contributed by atoms with van der Waals surface area (Å²) in [6.07, 6.45) is 12.2. The summed E-state index contributed by atoms with van der Waals surface area (Å²) < 4.78 is 0. The zero-order chi connectivity index (χ0) is 14.9. The van der Waals surface area contributed by atoms with Crippen LogP contribution in [-0.2, 0) is 0 Å². The van der Waals surface area contributed by atoms with E-state index >= 15 is 0 Å². The molecule has 3 aliphatic rings. The highest BCUT2D eigenvalue weighted by Gasteiger charge is 2.43. The summed E-state index contributed by atoms with van der Waals surface area (Å²) in [6.45, 7) is 5.79. The fourth-order valence-corrected chi connectivity index (χ4v) is 5.36. The highest BCUT2D eigenvalue weighted by Crippen LogP contribution is 2.49. The van der Waals surface area contributed by atoms with Crippen LogP contribution in [-0.4, -0.2) is 51.3 Å². The average molecular weight is 284 g/mol. The van der Waals surface area contributed by atoms with Gasteiger partial charge in [-0.15, -0.1) is 0 Å². The molecule has 2 heterocycles. The zero-order valence-corrected chi connectivity index (χ0v) is 13.8. The zero-order valence-electron chi connectivity index (χ0n) is 13.8. The van der Waals surface area contributed by atoms with Crippen molar-refractivity contribution >= 4 is 16.0 Å². The second-order valence-electron chi connectivity index (χ2n) is 8.25. The number of hydrogen-bond acceptors (Lipinski definition) is 2. The van der Waals surface area contributed by atoms with Gasteiger partial charge in [0.05, 0.1) is 0 Å². The molecule has 0 aromatic carbocycles. The molecule has 3 rings (SSSR count). The van der Waals surface area contributed by atoms with Crippen molar-refractivity contribution in [2.24, 2.45) is 17.3 Å². The molecule has 4 radical (unpaired) electrons. The van der Waals surface area contributed by atoms with Crippen LogP contribution in [0.1, 0.15) is 64.7 Å². The molecule has 21 heavy (non-hydrogen) atoms. The second kappa shape index (κ2) is 6.66. The summed E-state index contributed by atoms with van der Waals surface area (Å²) in [7, 11) is 12.3. The molecule has 114 valence electrons. The molecule has 3 fully saturated rings. The van der Waals surface area contributed by atoms with E-state index in [9.17, 15) is 0 Å². The van der Waals surface area contributed by atoms with Crippen molar-refractivity contribution in [1.29, 1.82) is 0 Å². The van der Waals surface area contributed by atoms with E-state index in [0.717, 1.165) is 31.5 Å². The number of piperidine rings is 2. The summed E-state index contributed by atoms with van der Waals surface area (Å²) in [5, 5.41) is 0. The normalized spacial score (nSPS) is 43.2. The Morgan fingerprint density at radius 1 is 1.00 bits per heavy atom. The molecular formula is C17H30B2N2. The van der Waals surface area contributed by atoms with E-state index in [-0.39, 0.29) is 0 Å². The van der Waals surface area contributed by atoms with Crippen molar-refractivity contribution in [3.8, 4) is 0 Å². The topological polar surface area (TPSA) is 6.48 Å².